The molecule has 4 nitrogen and oxygen atoms in total. The monoisotopic (exact) mass is 491 g/mol. The van der Waals surface area contributed by atoms with Crippen molar-refractivity contribution in [2.24, 2.45) is 0 Å². The van der Waals surface area contributed by atoms with E-state index in [1.54, 1.807) is 0 Å². The molecule has 1 saturated carbocycles. The summed E-state index contributed by atoms with van der Waals surface area (Å²) in [4.78, 5) is 14.6. The zero-order valence-corrected chi connectivity index (χ0v) is 23.3. The molecular formula is C31H57NO3. The molecule has 2 unspecified atom stereocenters. The molecule has 2 atom stereocenters. The molecule has 0 amide bonds. The molecule has 0 aromatic heterocycles. The summed E-state index contributed by atoms with van der Waals surface area (Å²) in [5.74, 6) is 6.34. The largest absolute Gasteiger partial charge is 0.466 e. The number of nitrogens with zero attached hydrogens (tertiary/aromatic N) is 1. The third-order valence-electron chi connectivity index (χ3n) is 7.26. The number of carbonyl (C=O) groups is 1. The van der Waals surface area contributed by atoms with Gasteiger partial charge in [0, 0.05) is 25.3 Å². The smallest absolute Gasteiger partial charge is 0.305 e. The van der Waals surface area contributed by atoms with E-state index >= 15 is 0 Å². The Labute approximate surface area is 218 Å². The van der Waals surface area contributed by atoms with Crippen molar-refractivity contribution in [3.63, 3.8) is 0 Å². The molecule has 204 valence electrons. The van der Waals surface area contributed by atoms with Gasteiger partial charge in [-0.3, -0.25) is 4.79 Å². The number of aliphatic hydroxyl groups is 1. The van der Waals surface area contributed by atoms with Crippen LogP contribution in [0.3, 0.4) is 0 Å². The van der Waals surface area contributed by atoms with Gasteiger partial charge in [-0.2, -0.15) is 0 Å². The van der Waals surface area contributed by atoms with Gasteiger partial charge in [-0.25, -0.2) is 0 Å². The van der Waals surface area contributed by atoms with E-state index in [1.807, 2.05) is 0 Å². The normalized spacial score (nSPS) is 17.5. The molecule has 0 aromatic rings. The first kappa shape index (κ1) is 32.0. The highest BCUT2D eigenvalue weighted by Gasteiger charge is 2.27. The minimum absolute atomic E-state index is 0.0502. The first-order chi connectivity index (χ1) is 17.2. The van der Waals surface area contributed by atoms with Crippen LogP contribution in [-0.4, -0.2) is 47.8 Å². The summed E-state index contributed by atoms with van der Waals surface area (Å²) in [6, 6.07) is 0.586. The van der Waals surface area contributed by atoms with Gasteiger partial charge in [0.15, 0.2) is 0 Å². The van der Waals surface area contributed by atoms with Gasteiger partial charge in [-0.05, 0) is 64.5 Å². The third-order valence-corrected chi connectivity index (χ3v) is 7.26. The SMILES string of the molecule is CCCCCC#CCCCOC(=O)CCCCCCCN(CCCCCCCC)C1CCC(O)C1. The molecule has 1 aliphatic rings. The molecule has 0 aromatic carbocycles. The zero-order valence-electron chi connectivity index (χ0n) is 23.3. The van der Waals surface area contributed by atoms with E-state index < -0.39 is 0 Å². The number of esters is 1. The molecule has 4 heteroatoms. The Balaban J connectivity index is 2.03. The summed E-state index contributed by atoms with van der Waals surface area (Å²) < 4.78 is 5.35. The fraction of sp³-hybridized carbons (Fsp3) is 0.903. The quantitative estimate of drug-likeness (QED) is 0.0953. The van der Waals surface area contributed by atoms with Crippen molar-refractivity contribution in [3.8, 4) is 11.8 Å². The van der Waals surface area contributed by atoms with Gasteiger partial charge < -0.3 is 14.7 Å². The maximum absolute atomic E-state index is 11.9. The Bertz CT molecular complexity index is 553. The van der Waals surface area contributed by atoms with Gasteiger partial charge in [-0.15, -0.1) is 11.8 Å². The number of rotatable bonds is 22. The number of hydrogen-bond acceptors (Lipinski definition) is 4. The average Bonchev–Trinajstić information content (AvgIpc) is 3.29. The lowest BCUT2D eigenvalue weighted by molar-refractivity contribution is -0.143. The summed E-state index contributed by atoms with van der Waals surface area (Å²) in [6.45, 7) is 7.34. The van der Waals surface area contributed by atoms with Crippen LogP contribution in [0.15, 0.2) is 0 Å². The van der Waals surface area contributed by atoms with Gasteiger partial charge in [0.1, 0.15) is 0 Å². The molecule has 1 rings (SSSR count). The van der Waals surface area contributed by atoms with Crippen LogP contribution >= 0.6 is 0 Å². The maximum atomic E-state index is 11.9. The molecule has 0 radical (unpaired) electrons. The summed E-state index contributed by atoms with van der Waals surface area (Å²) in [6.07, 6.45) is 23.7. The van der Waals surface area contributed by atoms with Crippen LogP contribution in [-0.2, 0) is 9.53 Å². The van der Waals surface area contributed by atoms with Gasteiger partial charge in [0.25, 0.3) is 0 Å². The van der Waals surface area contributed by atoms with E-state index in [0.717, 1.165) is 57.9 Å². The second-order valence-corrected chi connectivity index (χ2v) is 10.6. The van der Waals surface area contributed by atoms with Crippen LogP contribution in [0, 0.1) is 11.8 Å². The van der Waals surface area contributed by atoms with Crippen molar-refractivity contribution in [1.82, 2.24) is 4.90 Å². The van der Waals surface area contributed by atoms with Gasteiger partial charge in [0.2, 0.25) is 0 Å². The van der Waals surface area contributed by atoms with Crippen LogP contribution in [0.25, 0.3) is 0 Å². The second kappa shape index (κ2) is 23.4. The molecule has 0 heterocycles. The summed E-state index contributed by atoms with van der Waals surface area (Å²) in [7, 11) is 0. The number of aliphatic hydroxyl groups excluding tert-OH is 1. The first-order valence-electron chi connectivity index (χ1n) is 15.2. The van der Waals surface area contributed by atoms with E-state index in [1.165, 1.54) is 83.6 Å². The summed E-state index contributed by atoms with van der Waals surface area (Å²) >= 11 is 0. The molecule has 0 saturated heterocycles. The fourth-order valence-corrected chi connectivity index (χ4v) is 5.01. The Kier molecular flexibility index (Phi) is 21.3. The molecule has 0 aliphatic heterocycles. The number of carbonyl (C=O) groups excluding carboxylic acids is 1. The molecule has 1 N–H and O–H groups in total. The van der Waals surface area contributed by atoms with Crippen molar-refractivity contribution >= 4 is 5.97 Å². The van der Waals surface area contributed by atoms with Crippen LogP contribution in [0.1, 0.15) is 149 Å². The van der Waals surface area contributed by atoms with Gasteiger partial charge in [0.05, 0.1) is 12.7 Å². The number of ether oxygens (including phenoxy) is 1. The lowest BCUT2D eigenvalue weighted by Gasteiger charge is -2.29. The first-order valence-corrected chi connectivity index (χ1v) is 15.2. The summed E-state index contributed by atoms with van der Waals surface area (Å²) in [5, 5.41) is 9.99. The molecule has 1 fully saturated rings. The van der Waals surface area contributed by atoms with Crippen molar-refractivity contribution in [1.29, 1.82) is 0 Å². The lowest BCUT2D eigenvalue weighted by Crippen LogP contribution is -2.35. The molecular weight excluding hydrogens is 434 g/mol. The van der Waals surface area contributed by atoms with Crippen LogP contribution < -0.4 is 0 Å². The topological polar surface area (TPSA) is 49.8 Å². The highest BCUT2D eigenvalue weighted by molar-refractivity contribution is 5.69. The molecule has 1 aliphatic carbocycles. The Morgan fingerprint density at radius 3 is 1.97 bits per heavy atom. The maximum Gasteiger partial charge on any atom is 0.305 e. The minimum Gasteiger partial charge on any atom is -0.466 e. The van der Waals surface area contributed by atoms with E-state index in [4.69, 9.17) is 4.74 Å². The molecule has 0 spiro atoms. The predicted octanol–water partition coefficient (Wildman–Crippen LogP) is 7.81. The van der Waals surface area contributed by atoms with Crippen LogP contribution in [0.2, 0.25) is 0 Å². The van der Waals surface area contributed by atoms with E-state index in [0.29, 0.717) is 19.1 Å². The summed E-state index contributed by atoms with van der Waals surface area (Å²) in [5.41, 5.74) is 0. The van der Waals surface area contributed by atoms with E-state index in [2.05, 4.69) is 30.6 Å². The van der Waals surface area contributed by atoms with Crippen LogP contribution in [0.5, 0.6) is 0 Å². The molecule has 35 heavy (non-hydrogen) atoms. The number of hydrogen-bond donors (Lipinski definition) is 1. The minimum atomic E-state index is -0.0877. The Morgan fingerprint density at radius 1 is 0.771 bits per heavy atom. The fourth-order valence-electron chi connectivity index (χ4n) is 5.01. The van der Waals surface area contributed by atoms with Crippen LogP contribution in [0.4, 0.5) is 0 Å². The van der Waals surface area contributed by atoms with Crippen molar-refractivity contribution in [3.05, 3.63) is 0 Å². The van der Waals surface area contributed by atoms with Gasteiger partial charge in [-0.1, -0.05) is 78.1 Å². The van der Waals surface area contributed by atoms with E-state index in [-0.39, 0.29) is 12.1 Å². The Hall–Kier alpha value is -1.05. The van der Waals surface area contributed by atoms with Crippen molar-refractivity contribution in [2.75, 3.05) is 19.7 Å². The van der Waals surface area contributed by atoms with E-state index in [9.17, 15) is 9.90 Å². The highest BCUT2D eigenvalue weighted by Crippen LogP contribution is 2.25. The molecule has 0 bridgehead atoms. The number of unbranched alkanes of at least 4 members (excludes halogenated alkanes) is 13. The van der Waals surface area contributed by atoms with Crippen molar-refractivity contribution in [2.45, 2.75) is 161 Å². The lowest BCUT2D eigenvalue weighted by atomic mass is 10.1. The second-order valence-electron chi connectivity index (χ2n) is 10.6. The predicted molar refractivity (Wildman–Crippen MR) is 148 cm³/mol. The standard InChI is InChI=1S/C31H57NO3/c1-3-5-7-9-11-12-17-21-27-35-31(34)22-18-14-13-16-20-26-32(29-23-24-30(33)28-29)25-19-15-10-8-6-4-2/h29-30,33H,3-10,13-28H2,1-2H3. The van der Waals surface area contributed by atoms with Gasteiger partial charge >= 0.3 is 5.97 Å². The Morgan fingerprint density at radius 2 is 1.34 bits per heavy atom. The third kappa shape index (κ3) is 18.8. The van der Waals surface area contributed by atoms with Crippen molar-refractivity contribution < 1.29 is 14.6 Å². The zero-order chi connectivity index (χ0) is 25.4. The highest BCUT2D eigenvalue weighted by atomic mass is 16.5. The average molecular weight is 492 g/mol.